The maximum atomic E-state index is 12.0. The number of hydrogen-bond donors (Lipinski definition) is 2. The van der Waals surface area contributed by atoms with Gasteiger partial charge in [0.2, 0.25) is 5.91 Å². The number of amides is 1. The minimum absolute atomic E-state index is 0.00561. The lowest BCUT2D eigenvalue weighted by Crippen LogP contribution is -2.29. The first-order chi connectivity index (χ1) is 17.9. The molecule has 0 radical (unpaired) electrons. The predicted octanol–water partition coefficient (Wildman–Crippen LogP) is 6.17. The molecule has 1 saturated heterocycles. The Morgan fingerprint density at radius 2 is 1.97 bits per heavy atom. The molecule has 1 aliphatic rings. The molecule has 0 unspecified atom stereocenters. The van der Waals surface area contributed by atoms with Crippen molar-refractivity contribution < 1.29 is 13.9 Å². The summed E-state index contributed by atoms with van der Waals surface area (Å²) in [6, 6.07) is 23.1. The van der Waals surface area contributed by atoms with Crippen LogP contribution in [0.3, 0.4) is 0 Å². The number of furan rings is 1. The summed E-state index contributed by atoms with van der Waals surface area (Å²) in [5.41, 5.74) is 4.34. The summed E-state index contributed by atoms with van der Waals surface area (Å²) < 4.78 is 12.4. The lowest BCUT2D eigenvalue weighted by molar-refractivity contribution is -0.119. The number of thiocarbonyl (C=S) groups is 1. The maximum Gasteiger partial charge on any atom is 0.250 e. The maximum absolute atomic E-state index is 12.0. The number of aromatic nitrogens is 1. The number of benzene rings is 2. The summed E-state index contributed by atoms with van der Waals surface area (Å²) in [6.45, 7) is 1.94. The van der Waals surface area contributed by atoms with Gasteiger partial charge in [-0.05, 0) is 79.3 Å². The van der Waals surface area contributed by atoms with E-state index in [0.29, 0.717) is 5.11 Å². The second-order valence-corrected chi connectivity index (χ2v) is 9.99. The Labute approximate surface area is 229 Å². The molecule has 7 nitrogen and oxygen atoms in total. The largest absolute Gasteiger partial charge is 0.459 e. The van der Waals surface area contributed by atoms with Crippen molar-refractivity contribution in [3.05, 3.63) is 100 Å². The number of carbonyl (C=O) groups is 1. The van der Waals surface area contributed by atoms with Crippen LogP contribution in [-0.2, 0) is 9.53 Å². The van der Waals surface area contributed by atoms with Gasteiger partial charge in [0.1, 0.15) is 24.2 Å². The smallest absolute Gasteiger partial charge is 0.250 e. The van der Waals surface area contributed by atoms with Gasteiger partial charge < -0.3 is 24.7 Å². The van der Waals surface area contributed by atoms with E-state index in [1.165, 1.54) is 7.11 Å². The van der Waals surface area contributed by atoms with E-state index in [2.05, 4.69) is 31.5 Å². The number of methoxy groups -OCH3 is 1. The lowest BCUT2D eigenvalue weighted by atomic mass is 10.0. The molecular formula is C28H25BrN4O3S. The van der Waals surface area contributed by atoms with E-state index in [0.717, 1.165) is 44.2 Å². The van der Waals surface area contributed by atoms with Crippen LogP contribution in [0.15, 0.2) is 87.9 Å². The van der Waals surface area contributed by atoms with Gasteiger partial charge in [0.05, 0.1) is 11.7 Å². The highest BCUT2D eigenvalue weighted by Crippen LogP contribution is 2.43. The van der Waals surface area contributed by atoms with Gasteiger partial charge in [-0.3, -0.25) is 9.78 Å². The van der Waals surface area contributed by atoms with Crippen LogP contribution in [0.25, 0.3) is 11.3 Å². The van der Waals surface area contributed by atoms with Crippen molar-refractivity contribution >= 4 is 50.5 Å². The van der Waals surface area contributed by atoms with Crippen LogP contribution < -0.4 is 15.5 Å². The molecule has 1 amide bonds. The molecule has 1 fully saturated rings. The van der Waals surface area contributed by atoms with Crippen LogP contribution in [0.2, 0.25) is 0 Å². The highest BCUT2D eigenvalue weighted by atomic mass is 79.9. The second kappa shape index (κ2) is 10.8. The van der Waals surface area contributed by atoms with Crippen LogP contribution >= 0.6 is 28.1 Å². The van der Waals surface area contributed by atoms with Gasteiger partial charge in [-0.1, -0.05) is 34.1 Å². The van der Waals surface area contributed by atoms with Gasteiger partial charge in [0.15, 0.2) is 5.11 Å². The number of rotatable bonds is 7. The van der Waals surface area contributed by atoms with Crippen molar-refractivity contribution in [2.45, 2.75) is 19.0 Å². The molecule has 2 N–H and O–H groups in total. The van der Waals surface area contributed by atoms with E-state index in [1.807, 2.05) is 84.6 Å². The molecule has 0 aliphatic carbocycles. The average molecular weight is 578 g/mol. The van der Waals surface area contributed by atoms with Crippen molar-refractivity contribution in [1.29, 1.82) is 0 Å². The SMILES string of the molecule is COCC(=O)Nc1ccc(N2C(=S)N[C@H](c3ccccn3)[C@@H]2c2ccc(-c3ccc(Br)cc3)o2)cc1C. The first-order valence-electron chi connectivity index (χ1n) is 11.7. The van der Waals surface area contributed by atoms with Crippen LogP contribution in [-0.4, -0.2) is 29.7 Å². The summed E-state index contributed by atoms with van der Waals surface area (Å²) >= 11 is 9.31. The monoisotopic (exact) mass is 576 g/mol. The Morgan fingerprint density at radius 1 is 1.16 bits per heavy atom. The summed E-state index contributed by atoms with van der Waals surface area (Å²) in [7, 11) is 1.49. The number of carbonyl (C=O) groups excluding carboxylic acids is 1. The minimum Gasteiger partial charge on any atom is -0.459 e. The van der Waals surface area contributed by atoms with Crippen molar-refractivity contribution in [2.24, 2.45) is 0 Å². The zero-order valence-electron chi connectivity index (χ0n) is 20.3. The molecule has 0 spiro atoms. The van der Waals surface area contributed by atoms with Crippen LogP contribution in [0.4, 0.5) is 11.4 Å². The number of halogens is 1. The van der Waals surface area contributed by atoms with Crippen LogP contribution in [0, 0.1) is 6.92 Å². The molecule has 2 aromatic heterocycles. The molecule has 0 saturated carbocycles. The number of anilines is 2. The van der Waals surface area contributed by atoms with Crippen molar-refractivity contribution in [2.75, 3.05) is 23.9 Å². The quantitative estimate of drug-likeness (QED) is 0.254. The summed E-state index contributed by atoms with van der Waals surface area (Å²) in [6.07, 6.45) is 1.77. The Balaban J connectivity index is 1.53. The van der Waals surface area contributed by atoms with Crippen LogP contribution in [0.1, 0.15) is 29.1 Å². The first kappa shape index (κ1) is 25.1. The van der Waals surface area contributed by atoms with Crippen molar-refractivity contribution in [3.63, 3.8) is 0 Å². The van der Waals surface area contributed by atoms with Gasteiger partial charge in [0, 0.05) is 34.7 Å². The fraction of sp³-hybridized carbons (Fsp3) is 0.179. The Morgan fingerprint density at radius 3 is 2.68 bits per heavy atom. The van der Waals surface area contributed by atoms with Gasteiger partial charge >= 0.3 is 0 Å². The van der Waals surface area contributed by atoms with E-state index in [-0.39, 0.29) is 24.6 Å². The normalized spacial score (nSPS) is 17.1. The molecule has 5 rings (SSSR count). The molecular weight excluding hydrogens is 552 g/mol. The lowest BCUT2D eigenvalue weighted by Gasteiger charge is -2.26. The van der Waals surface area contributed by atoms with E-state index < -0.39 is 0 Å². The number of aryl methyl sites for hydroxylation is 1. The number of hydrogen-bond acceptors (Lipinski definition) is 5. The zero-order valence-corrected chi connectivity index (χ0v) is 22.7. The molecule has 188 valence electrons. The van der Waals surface area contributed by atoms with Gasteiger partial charge in [-0.15, -0.1) is 0 Å². The van der Waals surface area contributed by atoms with E-state index in [9.17, 15) is 4.79 Å². The van der Waals surface area contributed by atoms with Crippen molar-refractivity contribution in [3.8, 4) is 11.3 Å². The number of ether oxygens (including phenoxy) is 1. The Hall–Kier alpha value is -3.53. The van der Waals surface area contributed by atoms with Crippen molar-refractivity contribution in [1.82, 2.24) is 10.3 Å². The Kier molecular flexibility index (Phi) is 7.36. The highest BCUT2D eigenvalue weighted by Gasteiger charge is 2.42. The van der Waals surface area contributed by atoms with E-state index >= 15 is 0 Å². The van der Waals surface area contributed by atoms with Crippen LogP contribution in [0.5, 0.6) is 0 Å². The van der Waals surface area contributed by atoms with Gasteiger partial charge in [-0.25, -0.2) is 0 Å². The number of nitrogens with zero attached hydrogens (tertiary/aromatic N) is 2. The fourth-order valence-electron chi connectivity index (χ4n) is 4.46. The first-order valence-corrected chi connectivity index (χ1v) is 12.9. The zero-order chi connectivity index (χ0) is 25.9. The summed E-state index contributed by atoms with van der Waals surface area (Å²) in [5, 5.41) is 6.90. The minimum atomic E-state index is -0.278. The number of nitrogens with one attached hydrogen (secondary N) is 2. The van der Waals surface area contributed by atoms with Gasteiger partial charge in [0.25, 0.3) is 0 Å². The number of pyridine rings is 1. The molecule has 2 atom stereocenters. The van der Waals surface area contributed by atoms with Gasteiger partial charge in [-0.2, -0.15) is 0 Å². The van der Waals surface area contributed by atoms with E-state index in [4.69, 9.17) is 21.4 Å². The fourth-order valence-corrected chi connectivity index (χ4v) is 5.07. The molecule has 0 bridgehead atoms. The third-order valence-corrected chi connectivity index (χ3v) is 7.03. The predicted molar refractivity (Wildman–Crippen MR) is 151 cm³/mol. The molecule has 37 heavy (non-hydrogen) atoms. The molecule has 9 heteroatoms. The highest BCUT2D eigenvalue weighted by molar-refractivity contribution is 9.10. The Bertz CT molecular complexity index is 1430. The second-order valence-electron chi connectivity index (χ2n) is 8.69. The van der Waals surface area contributed by atoms with E-state index in [1.54, 1.807) is 6.20 Å². The molecule has 3 heterocycles. The molecule has 1 aliphatic heterocycles. The molecule has 2 aromatic carbocycles. The standard InChI is InChI=1S/C28H25BrN4O3S/c1-17-15-20(10-11-21(17)31-25(34)16-35-2)33-27(26(32-28(33)37)22-5-3-4-14-30-22)24-13-12-23(36-24)18-6-8-19(29)9-7-18/h3-15,26-27H,16H2,1-2H3,(H,31,34)(H,32,37)/t26-,27+/m1/s1. The summed E-state index contributed by atoms with van der Waals surface area (Å²) in [4.78, 5) is 18.7. The summed E-state index contributed by atoms with van der Waals surface area (Å²) in [5.74, 6) is 1.32. The topological polar surface area (TPSA) is 79.6 Å². The average Bonchev–Trinajstić information content (AvgIpc) is 3.51. The molecule has 4 aromatic rings. The third kappa shape index (κ3) is 5.29. The third-order valence-electron chi connectivity index (χ3n) is 6.18.